The molecule has 0 fully saturated rings. The first kappa shape index (κ1) is 24.1. The van der Waals surface area contributed by atoms with Crippen LogP contribution in [0.2, 0.25) is 0 Å². The van der Waals surface area contributed by atoms with Crippen LogP contribution in [-0.4, -0.2) is 46.9 Å². The molecule has 9 nitrogen and oxygen atoms in total. The minimum atomic E-state index is -4.08. The van der Waals surface area contributed by atoms with Crippen LogP contribution in [0.4, 0.5) is 5.69 Å². The highest BCUT2D eigenvalue weighted by Gasteiger charge is 2.29. The third-order valence-electron chi connectivity index (χ3n) is 5.04. The molecule has 1 amide bonds. The summed E-state index contributed by atoms with van der Waals surface area (Å²) in [4.78, 5) is 12.9. The quantitative estimate of drug-likeness (QED) is 0.361. The van der Waals surface area contributed by atoms with Gasteiger partial charge in [0, 0.05) is 5.56 Å². The lowest BCUT2D eigenvalue weighted by Crippen LogP contribution is -2.39. The summed E-state index contributed by atoms with van der Waals surface area (Å²) in [6.45, 7) is 2.49. The second-order valence-electron chi connectivity index (χ2n) is 7.39. The summed E-state index contributed by atoms with van der Waals surface area (Å²) < 4.78 is 44.8. The Morgan fingerprint density at radius 2 is 1.77 bits per heavy atom. The van der Waals surface area contributed by atoms with Crippen molar-refractivity contribution in [3.63, 3.8) is 0 Å². The number of para-hydroxylation sites is 3. The normalized spacial score (nSPS) is 12.8. The van der Waals surface area contributed by atoms with Crippen molar-refractivity contribution in [3.05, 3.63) is 78.4 Å². The fourth-order valence-electron chi connectivity index (χ4n) is 3.50. The maximum Gasteiger partial charge on any atom is 0.264 e. The van der Waals surface area contributed by atoms with E-state index in [2.05, 4.69) is 10.5 Å². The van der Waals surface area contributed by atoms with Crippen LogP contribution in [0.15, 0.2) is 82.8 Å². The summed E-state index contributed by atoms with van der Waals surface area (Å²) in [6.07, 6.45) is 1.43. The molecule has 182 valence electrons. The Kier molecular flexibility index (Phi) is 7.51. The van der Waals surface area contributed by atoms with Crippen LogP contribution in [0, 0.1) is 0 Å². The van der Waals surface area contributed by atoms with Gasteiger partial charge in [-0.25, -0.2) is 13.8 Å². The largest absolute Gasteiger partial charge is 0.492 e. The summed E-state index contributed by atoms with van der Waals surface area (Å²) in [5, 5.41) is 4.00. The lowest BCUT2D eigenvalue weighted by atomic mass is 10.2. The van der Waals surface area contributed by atoms with Gasteiger partial charge in [-0.15, -0.1) is 0 Å². The van der Waals surface area contributed by atoms with Crippen molar-refractivity contribution >= 4 is 27.8 Å². The van der Waals surface area contributed by atoms with Gasteiger partial charge < -0.3 is 14.2 Å². The molecule has 1 N–H and O–H groups in total. The van der Waals surface area contributed by atoms with Crippen LogP contribution >= 0.6 is 0 Å². The number of nitrogens with one attached hydrogen (secondary N) is 1. The zero-order chi connectivity index (χ0) is 24.7. The molecule has 1 heterocycles. The van der Waals surface area contributed by atoms with Crippen molar-refractivity contribution in [2.45, 2.75) is 11.8 Å². The highest BCUT2D eigenvalue weighted by Crippen LogP contribution is 2.33. The van der Waals surface area contributed by atoms with Crippen molar-refractivity contribution in [1.82, 2.24) is 5.43 Å². The average Bonchev–Trinajstić information content (AvgIpc) is 2.88. The van der Waals surface area contributed by atoms with Crippen LogP contribution < -0.4 is 23.9 Å². The van der Waals surface area contributed by atoms with E-state index in [1.807, 2.05) is 0 Å². The number of carbonyl (C=O) groups is 1. The molecule has 35 heavy (non-hydrogen) atoms. The number of ether oxygens (including phenoxy) is 3. The highest BCUT2D eigenvalue weighted by atomic mass is 32.2. The molecular formula is C25H25N3O6S. The molecule has 0 atom stereocenters. The zero-order valence-corrected chi connectivity index (χ0v) is 19.9. The van der Waals surface area contributed by atoms with Gasteiger partial charge in [0.1, 0.15) is 25.5 Å². The van der Waals surface area contributed by atoms with Gasteiger partial charge in [0.2, 0.25) is 0 Å². The number of hydrazone groups is 1. The molecule has 0 bridgehead atoms. The first-order valence-corrected chi connectivity index (χ1v) is 12.4. The molecule has 0 saturated carbocycles. The Bertz CT molecular complexity index is 1310. The molecule has 10 heteroatoms. The number of sulfonamides is 1. The number of rotatable bonds is 9. The molecule has 1 aliphatic rings. The van der Waals surface area contributed by atoms with Crippen LogP contribution in [-0.2, 0) is 14.8 Å². The van der Waals surface area contributed by atoms with Gasteiger partial charge in [0.05, 0.1) is 23.4 Å². The zero-order valence-electron chi connectivity index (χ0n) is 19.1. The van der Waals surface area contributed by atoms with Crippen LogP contribution in [0.3, 0.4) is 0 Å². The molecule has 4 rings (SSSR count). The van der Waals surface area contributed by atoms with E-state index in [1.54, 1.807) is 67.6 Å². The van der Waals surface area contributed by atoms with E-state index in [9.17, 15) is 13.2 Å². The van der Waals surface area contributed by atoms with Gasteiger partial charge in [-0.3, -0.25) is 9.10 Å². The molecule has 0 saturated heterocycles. The van der Waals surface area contributed by atoms with E-state index in [1.165, 1.54) is 18.3 Å². The highest BCUT2D eigenvalue weighted by molar-refractivity contribution is 7.92. The Balaban J connectivity index is 1.58. The summed E-state index contributed by atoms with van der Waals surface area (Å²) in [6, 6.07) is 19.9. The lowest BCUT2D eigenvalue weighted by Gasteiger charge is -2.25. The fourth-order valence-corrected chi connectivity index (χ4v) is 4.95. The van der Waals surface area contributed by atoms with Gasteiger partial charge >= 0.3 is 0 Å². The maximum atomic E-state index is 13.5. The molecule has 0 aliphatic carbocycles. The maximum absolute atomic E-state index is 13.5. The fraction of sp³-hybridized carbons (Fsp3) is 0.200. The van der Waals surface area contributed by atoms with Gasteiger partial charge in [0.15, 0.2) is 11.5 Å². The molecule has 3 aromatic carbocycles. The first-order chi connectivity index (χ1) is 17.0. The number of fused-ring (bicyclic) bond motifs is 1. The smallest absolute Gasteiger partial charge is 0.264 e. The van der Waals surface area contributed by atoms with Gasteiger partial charge in [0.25, 0.3) is 15.9 Å². The third kappa shape index (κ3) is 5.55. The minimum Gasteiger partial charge on any atom is -0.492 e. The summed E-state index contributed by atoms with van der Waals surface area (Å²) in [5.41, 5.74) is 3.27. The summed E-state index contributed by atoms with van der Waals surface area (Å²) in [7, 11) is -4.08. The van der Waals surface area contributed by atoms with E-state index in [4.69, 9.17) is 14.2 Å². The van der Waals surface area contributed by atoms with E-state index >= 15 is 0 Å². The molecule has 3 aromatic rings. The molecule has 0 aromatic heterocycles. The number of hydrogen-bond acceptors (Lipinski definition) is 7. The Hall–Kier alpha value is -4.05. The monoisotopic (exact) mass is 495 g/mol. The average molecular weight is 496 g/mol. The number of nitrogens with zero attached hydrogens (tertiary/aromatic N) is 2. The number of amides is 1. The SMILES string of the molecule is CCOc1ccccc1N(CC(=O)N/N=C\c1cccc2c1OCCO2)S(=O)(=O)c1ccccc1. The summed E-state index contributed by atoms with van der Waals surface area (Å²) in [5.74, 6) is 0.850. The Morgan fingerprint density at radius 1 is 1.03 bits per heavy atom. The predicted octanol–water partition coefficient (Wildman–Crippen LogP) is 3.20. The van der Waals surface area contributed by atoms with E-state index in [0.29, 0.717) is 42.6 Å². The second-order valence-corrected chi connectivity index (χ2v) is 9.25. The Labute approximate surface area is 204 Å². The van der Waals surface area contributed by atoms with E-state index in [0.717, 1.165) is 4.31 Å². The number of benzene rings is 3. The number of hydrogen-bond donors (Lipinski definition) is 1. The second kappa shape index (κ2) is 10.9. The molecular weight excluding hydrogens is 470 g/mol. The predicted molar refractivity (Wildman–Crippen MR) is 132 cm³/mol. The molecule has 0 unspecified atom stereocenters. The minimum absolute atomic E-state index is 0.0515. The third-order valence-corrected chi connectivity index (χ3v) is 6.82. The van der Waals surface area contributed by atoms with Crippen LogP contribution in [0.25, 0.3) is 0 Å². The van der Waals surface area contributed by atoms with Crippen LogP contribution in [0.5, 0.6) is 17.2 Å². The number of anilines is 1. The summed E-state index contributed by atoms with van der Waals surface area (Å²) >= 11 is 0. The van der Waals surface area contributed by atoms with Crippen molar-refractivity contribution in [3.8, 4) is 17.2 Å². The standard InChI is InChI=1S/C25H25N3O6S/c1-2-32-22-13-7-6-12-21(22)28(35(30,31)20-10-4-3-5-11-20)18-24(29)27-26-17-19-9-8-14-23-25(19)34-16-15-33-23/h3-14,17H,2,15-16,18H2,1H3,(H,27,29)/b26-17-. The molecule has 1 aliphatic heterocycles. The van der Waals surface area contributed by atoms with Crippen molar-refractivity contribution in [2.75, 3.05) is 30.7 Å². The van der Waals surface area contributed by atoms with Gasteiger partial charge in [-0.1, -0.05) is 36.4 Å². The van der Waals surface area contributed by atoms with Gasteiger partial charge in [-0.2, -0.15) is 5.10 Å². The number of carbonyl (C=O) groups excluding carboxylic acids is 1. The lowest BCUT2D eigenvalue weighted by molar-refractivity contribution is -0.119. The van der Waals surface area contributed by atoms with E-state index < -0.39 is 22.5 Å². The van der Waals surface area contributed by atoms with E-state index in [-0.39, 0.29) is 10.6 Å². The first-order valence-electron chi connectivity index (χ1n) is 11.0. The van der Waals surface area contributed by atoms with Crippen LogP contribution in [0.1, 0.15) is 12.5 Å². The molecule has 0 radical (unpaired) electrons. The van der Waals surface area contributed by atoms with Crippen molar-refractivity contribution in [2.24, 2.45) is 5.10 Å². The van der Waals surface area contributed by atoms with Crippen molar-refractivity contribution in [1.29, 1.82) is 0 Å². The van der Waals surface area contributed by atoms with Gasteiger partial charge in [-0.05, 0) is 43.3 Å². The molecule has 0 spiro atoms. The van der Waals surface area contributed by atoms with Crippen molar-refractivity contribution < 1.29 is 27.4 Å². The topological polar surface area (TPSA) is 107 Å². The Morgan fingerprint density at radius 3 is 2.57 bits per heavy atom.